The van der Waals surface area contributed by atoms with Crippen molar-refractivity contribution in [3.05, 3.63) is 29.6 Å². The average Bonchev–Trinajstić information content (AvgIpc) is 2.87. The van der Waals surface area contributed by atoms with Crippen molar-refractivity contribution in [2.75, 3.05) is 18.1 Å². The molecule has 3 atom stereocenters. The molecule has 1 aromatic rings. The molecule has 1 aromatic heterocycles. The van der Waals surface area contributed by atoms with Crippen LogP contribution in [0, 0.1) is 12.8 Å². The molecule has 0 bridgehead atoms. The molecule has 2 aliphatic rings. The minimum Gasteiger partial charge on any atom is -0.387 e. The van der Waals surface area contributed by atoms with E-state index in [-0.39, 0.29) is 11.5 Å². The molecule has 3 nitrogen and oxygen atoms in total. The molecule has 1 spiro atoms. The van der Waals surface area contributed by atoms with Gasteiger partial charge in [0, 0.05) is 18.6 Å². The minimum absolute atomic E-state index is 0.0270. The third-order valence-corrected chi connectivity index (χ3v) is 5.51. The second kappa shape index (κ2) is 5.43. The molecule has 0 aromatic carbocycles. The van der Waals surface area contributed by atoms with Crippen LogP contribution in [-0.4, -0.2) is 33.8 Å². The van der Waals surface area contributed by atoms with Gasteiger partial charge in [-0.3, -0.25) is 4.98 Å². The molecule has 0 radical (unpaired) electrons. The Labute approximate surface area is 118 Å². The van der Waals surface area contributed by atoms with Gasteiger partial charge in [0.1, 0.15) is 0 Å². The summed E-state index contributed by atoms with van der Waals surface area (Å²) in [5.74, 6) is 2.55. The lowest BCUT2D eigenvalue weighted by atomic mass is 9.81. The molecule has 3 rings (SSSR count). The fourth-order valence-corrected chi connectivity index (χ4v) is 4.47. The standard InChI is InChI=1S/C15H21NO2S/c1-11-2-3-13(16-9-11)14(17)12-4-6-18-15(8-12)5-7-19-10-15/h2-3,9,12,14,17H,4-8,10H2,1H3. The fourth-order valence-electron chi connectivity index (χ4n) is 3.09. The van der Waals surface area contributed by atoms with Crippen LogP contribution in [-0.2, 0) is 4.74 Å². The zero-order chi connectivity index (χ0) is 13.3. The first kappa shape index (κ1) is 13.4. The highest BCUT2D eigenvalue weighted by Gasteiger charge is 2.42. The van der Waals surface area contributed by atoms with Crippen molar-refractivity contribution in [3.63, 3.8) is 0 Å². The van der Waals surface area contributed by atoms with Gasteiger partial charge in [-0.2, -0.15) is 11.8 Å². The summed E-state index contributed by atoms with van der Waals surface area (Å²) in [5, 5.41) is 10.6. The highest BCUT2D eigenvalue weighted by molar-refractivity contribution is 7.99. The summed E-state index contributed by atoms with van der Waals surface area (Å²) in [6, 6.07) is 3.97. The van der Waals surface area contributed by atoms with E-state index in [1.54, 1.807) is 0 Å². The summed E-state index contributed by atoms with van der Waals surface area (Å²) in [6.45, 7) is 2.79. The summed E-state index contributed by atoms with van der Waals surface area (Å²) in [7, 11) is 0. The van der Waals surface area contributed by atoms with Crippen LogP contribution in [0.4, 0.5) is 0 Å². The Bertz CT molecular complexity index is 428. The van der Waals surface area contributed by atoms with E-state index >= 15 is 0 Å². The van der Waals surface area contributed by atoms with Crippen molar-refractivity contribution in [2.45, 2.75) is 37.9 Å². The van der Waals surface area contributed by atoms with Gasteiger partial charge in [0.15, 0.2) is 0 Å². The highest BCUT2D eigenvalue weighted by atomic mass is 32.2. The molecular weight excluding hydrogens is 258 g/mol. The molecule has 0 aliphatic carbocycles. The van der Waals surface area contributed by atoms with Crippen molar-refractivity contribution in [1.82, 2.24) is 4.98 Å². The van der Waals surface area contributed by atoms with Gasteiger partial charge in [0.25, 0.3) is 0 Å². The van der Waals surface area contributed by atoms with Crippen LogP contribution in [0.3, 0.4) is 0 Å². The predicted octanol–water partition coefficient (Wildman–Crippen LogP) is 2.73. The number of aryl methyl sites for hydroxylation is 1. The van der Waals surface area contributed by atoms with Gasteiger partial charge in [-0.1, -0.05) is 6.07 Å². The van der Waals surface area contributed by atoms with Gasteiger partial charge >= 0.3 is 0 Å². The molecule has 2 aliphatic heterocycles. The maximum Gasteiger partial charge on any atom is 0.0989 e. The third-order valence-electron chi connectivity index (χ3n) is 4.28. The summed E-state index contributed by atoms with van der Waals surface area (Å²) < 4.78 is 6.01. The Morgan fingerprint density at radius 1 is 1.53 bits per heavy atom. The van der Waals surface area contributed by atoms with Crippen molar-refractivity contribution >= 4 is 11.8 Å². The lowest BCUT2D eigenvalue weighted by molar-refractivity contribution is -0.102. The summed E-state index contributed by atoms with van der Waals surface area (Å²) >= 11 is 1.97. The molecule has 19 heavy (non-hydrogen) atoms. The zero-order valence-electron chi connectivity index (χ0n) is 11.3. The summed E-state index contributed by atoms with van der Waals surface area (Å²) in [5.41, 5.74) is 1.96. The number of rotatable bonds is 2. The third kappa shape index (κ3) is 2.81. The van der Waals surface area contributed by atoms with E-state index in [2.05, 4.69) is 4.98 Å². The molecule has 3 unspecified atom stereocenters. The molecular formula is C15H21NO2S. The molecule has 4 heteroatoms. The van der Waals surface area contributed by atoms with Crippen LogP contribution in [0.5, 0.6) is 0 Å². The molecule has 1 N–H and O–H groups in total. The Morgan fingerprint density at radius 2 is 2.42 bits per heavy atom. The van der Waals surface area contributed by atoms with E-state index in [1.165, 1.54) is 5.75 Å². The van der Waals surface area contributed by atoms with Crippen molar-refractivity contribution in [1.29, 1.82) is 0 Å². The largest absolute Gasteiger partial charge is 0.387 e. The van der Waals surface area contributed by atoms with Gasteiger partial charge < -0.3 is 9.84 Å². The number of hydrogen-bond acceptors (Lipinski definition) is 4. The van der Waals surface area contributed by atoms with Gasteiger partial charge in [-0.15, -0.1) is 0 Å². The normalized spacial score (nSPS) is 32.6. The lowest BCUT2D eigenvalue weighted by Crippen LogP contribution is -2.41. The van der Waals surface area contributed by atoms with E-state index in [9.17, 15) is 5.11 Å². The molecule has 2 fully saturated rings. The maximum absolute atomic E-state index is 10.6. The number of hydrogen-bond donors (Lipinski definition) is 1. The second-order valence-corrected chi connectivity index (χ2v) is 6.90. The van der Waals surface area contributed by atoms with Crippen LogP contribution in [0.2, 0.25) is 0 Å². The average molecular weight is 279 g/mol. The van der Waals surface area contributed by atoms with E-state index in [0.29, 0.717) is 0 Å². The minimum atomic E-state index is -0.452. The number of aliphatic hydroxyl groups excluding tert-OH is 1. The number of aromatic nitrogens is 1. The predicted molar refractivity (Wildman–Crippen MR) is 77.3 cm³/mol. The SMILES string of the molecule is Cc1ccc(C(O)C2CCOC3(CCSC3)C2)nc1. The van der Waals surface area contributed by atoms with Crippen LogP contribution in [0.15, 0.2) is 18.3 Å². The lowest BCUT2D eigenvalue weighted by Gasteiger charge is -2.39. The maximum atomic E-state index is 10.6. The molecule has 3 heterocycles. The fraction of sp³-hybridized carbons (Fsp3) is 0.667. The topological polar surface area (TPSA) is 42.4 Å². The first-order chi connectivity index (χ1) is 9.19. The monoisotopic (exact) mass is 279 g/mol. The number of pyridine rings is 1. The van der Waals surface area contributed by atoms with Crippen LogP contribution in [0.25, 0.3) is 0 Å². The number of nitrogens with zero attached hydrogens (tertiary/aromatic N) is 1. The van der Waals surface area contributed by atoms with Crippen molar-refractivity contribution < 1.29 is 9.84 Å². The van der Waals surface area contributed by atoms with Crippen LogP contribution >= 0.6 is 11.8 Å². The Kier molecular flexibility index (Phi) is 3.83. The molecule has 0 saturated carbocycles. The first-order valence-corrected chi connectivity index (χ1v) is 8.16. The highest BCUT2D eigenvalue weighted by Crippen LogP contribution is 2.43. The van der Waals surface area contributed by atoms with E-state index in [1.807, 2.05) is 37.0 Å². The summed E-state index contributed by atoms with van der Waals surface area (Å²) in [4.78, 5) is 4.37. The number of aliphatic hydroxyl groups is 1. The van der Waals surface area contributed by atoms with Crippen LogP contribution < -0.4 is 0 Å². The number of ether oxygens (including phenoxy) is 1. The second-order valence-electron chi connectivity index (χ2n) is 5.79. The van der Waals surface area contributed by atoms with Gasteiger partial charge in [0.05, 0.1) is 17.4 Å². The summed E-state index contributed by atoms with van der Waals surface area (Å²) in [6.07, 6.45) is 4.41. The molecule has 104 valence electrons. The van der Waals surface area contributed by atoms with Crippen molar-refractivity contribution in [3.8, 4) is 0 Å². The van der Waals surface area contributed by atoms with Crippen LogP contribution in [0.1, 0.15) is 36.6 Å². The Morgan fingerprint density at radius 3 is 3.11 bits per heavy atom. The number of thioether (sulfide) groups is 1. The van der Waals surface area contributed by atoms with E-state index in [0.717, 1.165) is 42.9 Å². The van der Waals surface area contributed by atoms with Gasteiger partial charge in [-0.25, -0.2) is 0 Å². The molecule has 2 saturated heterocycles. The Balaban J connectivity index is 1.72. The quantitative estimate of drug-likeness (QED) is 0.904. The van der Waals surface area contributed by atoms with Gasteiger partial charge in [0.2, 0.25) is 0 Å². The first-order valence-electron chi connectivity index (χ1n) is 7.01. The Hall–Kier alpha value is -0.580. The van der Waals surface area contributed by atoms with Crippen molar-refractivity contribution in [2.24, 2.45) is 5.92 Å². The van der Waals surface area contributed by atoms with Gasteiger partial charge in [-0.05, 0) is 49.5 Å². The zero-order valence-corrected chi connectivity index (χ0v) is 12.2. The van der Waals surface area contributed by atoms with E-state index in [4.69, 9.17) is 4.74 Å². The smallest absolute Gasteiger partial charge is 0.0989 e. The van der Waals surface area contributed by atoms with E-state index < -0.39 is 6.10 Å². The molecule has 0 amide bonds.